The minimum absolute atomic E-state index is 0.113. The normalized spacial score (nSPS) is 22.8. The van der Waals surface area contributed by atoms with Crippen molar-refractivity contribution < 1.29 is 24.3 Å². The number of hydrogen-bond donors (Lipinski definition) is 2. The number of nitrogens with zero attached hydrogens (tertiary/aromatic N) is 2. The third-order valence-electron chi connectivity index (χ3n) is 5.46. The first-order valence-electron chi connectivity index (χ1n) is 10.2. The Hall–Kier alpha value is -2.39. The van der Waals surface area contributed by atoms with Gasteiger partial charge in [-0.3, -0.25) is 24.2 Å². The Bertz CT molecular complexity index is 803. The predicted octanol–water partition coefficient (Wildman–Crippen LogP) is 1.45. The van der Waals surface area contributed by atoms with Crippen molar-refractivity contribution >= 4 is 34.7 Å². The van der Waals surface area contributed by atoms with E-state index in [-0.39, 0.29) is 17.1 Å². The highest BCUT2D eigenvalue weighted by Gasteiger charge is 2.41. The van der Waals surface area contributed by atoms with Gasteiger partial charge >= 0.3 is 5.97 Å². The molecule has 2 heterocycles. The molecule has 0 aromatic heterocycles. The van der Waals surface area contributed by atoms with E-state index in [1.807, 2.05) is 35.3 Å². The second kappa shape index (κ2) is 10.1. The standard InChI is InChI=1S/C21H27N3O5S/c1-14(25)30-18(12-15-6-3-2-4-7-15)20(28)22-17-10-9-16-8-5-11-23(16)24(21(17)29)13-19(26)27/h2-4,6-7,16-18H,5,8-13H2,1H3,(H,22,28)(H,26,27)/t16-,17-,18-/m0/s1. The third kappa shape index (κ3) is 5.60. The summed E-state index contributed by atoms with van der Waals surface area (Å²) in [5, 5.41) is 14.4. The zero-order valence-corrected chi connectivity index (χ0v) is 17.8. The Labute approximate surface area is 179 Å². The van der Waals surface area contributed by atoms with Crippen LogP contribution in [0.2, 0.25) is 0 Å². The molecule has 0 unspecified atom stereocenters. The number of hydrogen-bond acceptors (Lipinski definition) is 6. The molecule has 3 rings (SSSR count). The zero-order valence-electron chi connectivity index (χ0n) is 17.0. The smallest absolute Gasteiger partial charge is 0.324 e. The lowest BCUT2D eigenvalue weighted by atomic mass is 10.0. The van der Waals surface area contributed by atoms with Crippen LogP contribution in [0.1, 0.15) is 38.2 Å². The molecule has 0 saturated carbocycles. The first-order chi connectivity index (χ1) is 14.3. The van der Waals surface area contributed by atoms with E-state index < -0.39 is 29.7 Å². The lowest BCUT2D eigenvalue weighted by Gasteiger charge is -2.33. The summed E-state index contributed by atoms with van der Waals surface area (Å²) < 4.78 is 0. The molecule has 8 nitrogen and oxygen atoms in total. The number of carboxylic acids is 1. The Morgan fingerprint density at radius 1 is 1.20 bits per heavy atom. The van der Waals surface area contributed by atoms with Gasteiger partial charge in [-0.2, -0.15) is 0 Å². The number of carbonyl (C=O) groups excluding carboxylic acids is 3. The van der Waals surface area contributed by atoms with E-state index in [0.29, 0.717) is 25.8 Å². The van der Waals surface area contributed by atoms with E-state index >= 15 is 0 Å². The molecule has 30 heavy (non-hydrogen) atoms. The molecule has 2 N–H and O–H groups in total. The number of aliphatic carboxylic acids is 1. The van der Waals surface area contributed by atoms with E-state index in [1.54, 1.807) is 0 Å². The van der Waals surface area contributed by atoms with Crippen molar-refractivity contribution in [1.82, 2.24) is 15.3 Å². The summed E-state index contributed by atoms with van der Waals surface area (Å²) in [5.41, 5.74) is 0.923. The summed E-state index contributed by atoms with van der Waals surface area (Å²) in [7, 11) is 0. The van der Waals surface area contributed by atoms with Crippen LogP contribution in [0.25, 0.3) is 0 Å². The number of hydrazine groups is 1. The molecule has 2 aliphatic heterocycles. The van der Waals surface area contributed by atoms with Crippen LogP contribution in [0.3, 0.4) is 0 Å². The fourth-order valence-corrected chi connectivity index (χ4v) is 4.98. The Balaban J connectivity index is 1.74. The van der Waals surface area contributed by atoms with Gasteiger partial charge in [-0.15, -0.1) is 0 Å². The monoisotopic (exact) mass is 433 g/mol. The SMILES string of the molecule is CC(=O)S[C@@H](Cc1ccccc1)C(=O)N[C@H]1CC[C@@H]2CCCN2N(CC(=O)O)C1=O. The van der Waals surface area contributed by atoms with Gasteiger partial charge in [0.25, 0.3) is 5.91 Å². The minimum atomic E-state index is -1.09. The van der Waals surface area contributed by atoms with Gasteiger partial charge in [0.1, 0.15) is 12.6 Å². The lowest BCUT2D eigenvalue weighted by Crippen LogP contribution is -2.55. The van der Waals surface area contributed by atoms with E-state index in [9.17, 15) is 24.3 Å². The fourth-order valence-electron chi connectivity index (χ4n) is 4.13. The quantitative estimate of drug-likeness (QED) is 0.670. The zero-order chi connectivity index (χ0) is 21.7. The second-order valence-electron chi connectivity index (χ2n) is 7.68. The maximum Gasteiger partial charge on any atom is 0.324 e. The van der Waals surface area contributed by atoms with Crippen LogP contribution in [-0.2, 0) is 25.6 Å². The maximum atomic E-state index is 13.1. The fraction of sp³-hybridized carbons (Fsp3) is 0.524. The number of carbonyl (C=O) groups is 4. The minimum Gasteiger partial charge on any atom is -0.480 e. The van der Waals surface area contributed by atoms with Crippen molar-refractivity contribution in [2.45, 2.75) is 56.4 Å². The highest BCUT2D eigenvalue weighted by atomic mass is 32.2. The van der Waals surface area contributed by atoms with Gasteiger partial charge in [0.15, 0.2) is 5.12 Å². The molecule has 3 atom stereocenters. The van der Waals surface area contributed by atoms with Gasteiger partial charge in [-0.1, -0.05) is 42.1 Å². The summed E-state index contributed by atoms with van der Waals surface area (Å²) in [6, 6.07) is 8.71. The van der Waals surface area contributed by atoms with Crippen molar-refractivity contribution in [3.05, 3.63) is 35.9 Å². The largest absolute Gasteiger partial charge is 0.480 e. The maximum absolute atomic E-state index is 13.1. The number of nitrogens with one attached hydrogen (secondary N) is 1. The molecule has 0 bridgehead atoms. The topological polar surface area (TPSA) is 107 Å². The highest BCUT2D eigenvalue weighted by molar-refractivity contribution is 8.14. The number of thioether (sulfide) groups is 1. The van der Waals surface area contributed by atoms with Crippen LogP contribution < -0.4 is 5.32 Å². The van der Waals surface area contributed by atoms with Crippen LogP contribution in [-0.4, -0.2) is 68.4 Å². The molecule has 0 radical (unpaired) electrons. The van der Waals surface area contributed by atoms with Crippen LogP contribution in [0, 0.1) is 0 Å². The van der Waals surface area contributed by atoms with Gasteiger partial charge in [-0.05, 0) is 37.7 Å². The molecule has 0 aliphatic carbocycles. The molecule has 2 aliphatic rings. The first-order valence-corrected chi connectivity index (χ1v) is 11.0. The van der Waals surface area contributed by atoms with Gasteiger partial charge in [0.05, 0.1) is 5.25 Å². The van der Waals surface area contributed by atoms with E-state index in [2.05, 4.69) is 5.32 Å². The van der Waals surface area contributed by atoms with Crippen LogP contribution >= 0.6 is 11.8 Å². The number of carboxylic acid groups (broad SMARTS) is 1. The van der Waals surface area contributed by atoms with Crippen molar-refractivity contribution in [3.8, 4) is 0 Å². The van der Waals surface area contributed by atoms with Crippen LogP contribution in [0.4, 0.5) is 0 Å². The second-order valence-corrected chi connectivity index (χ2v) is 9.05. The Morgan fingerprint density at radius 3 is 2.60 bits per heavy atom. The van der Waals surface area contributed by atoms with Crippen molar-refractivity contribution in [2.75, 3.05) is 13.1 Å². The summed E-state index contributed by atoms with van der Waals surface area (Å²) >= 11 is 0.945. The molecular formula is C21H27N3O5S. The molecule has 2 fully saturated rings. The van der Waals surface area contributed by atoms with Gasteiger partial charge in [0, 0.05) is 19.5 Å². The average Bonchev–Trinajstić information content (AvgIpc) is 3.12. The Morgan fingerprint density at radius 2 is 1.93 bits per heavy atom. The van der Waals surface area contributed by atoms with Crippen LogP contribution in [0.15, 0.2) is 30.3 Å². The number of rotatable bonds is 7. The molecule has 0 spiro atoms. The van der Waals surface area contributed by atoms with E-state index in [0.717, 1.165) is 30.2 Å². The molecule has 1 aromatic rings. The first kappa shape index (κ1) is 22.3. The molecule has 2 amide bonds. The van der Waals surface area contributed by atoms with Gasteiger partial charge in [0.2, 0.25) is 5.91 Å². The van der Waals surface area contributed by atoms with Crippen LogP contribution in [0.5, 0.6) is 0 Å². The highest BCUT2D eigenvalue weighted by Crippen LogP contribution is 2.28. The molecule has 2 saturated heterocycles. The van der Waals surface area contributed by atoms with Crippen molar-refractivity contribution in [3.63, 3.8) is 0 Å². The number of fused-ring (bicyclic) bond motifs is 1. The molecule has 162 valence electrons. The third-order valence-corrected chi connectivity index (χ3v) is 6.46. The molecule has 9 heteroatoms. The Kier molecular flexibility index (Phi) is 7.49. The summed E-state index contributed by atoms with van der Waals surface area (Å²) in [5.74, 6) is -1.87. The summed E-state index contributed by atoms with van der Waals surface area (Å²) in [6.07, 6.45) is 3.34. The predicted molar refractivity (Wildman–Crippen MR) is 112 cm³/mol. The average molecular weight is 434 g/mol. The summed E-state index contributed by atoms with van der Waals surface area (Å²) in [4.78, 5) is 49.1. The number of benzene rings is 1. The van der Waals surface area contributed by atoms with Gasteiger partial charge < -0.3 is 10.4 Å². The molecule has 1 aromatic carbocycles. The van der Waals surface area contributed by atoms with Crippen molar-refractivity contribution in [2.24, 2.45) is 0 Å². The van der Waals surface area contributed by atoms with Crippen molar-refractivity contribution in [1.29, 1.82) is 0 Å². The van der Waals surface area contributed by atoms with Gasteiger partial charge in [-0.25, -0.2) is 5.01 Å². The number of amides is 2. The lowest BCUT2D eigenvalue weighted by molar-refractivity contribution is -0.160. The molecular weight excluding hydrogens is 406 g/mol. The van der Waals surface area contributed by atoms with E-state index in [4.69, 9.17) is 0 Å². The summed E-state index contributed by atoms with van der Waals surface area (Å²) in [6.45, 7) is 1.63. The van der Waals surface area contributed by atoms with E-state index in [1.165, 1.54) is 11.9 Å².